The molecule has 0 aliphatic heterocycles. The molecule has 8 nitrogen and oxygen atoms in total. The van der Waals surface area contributed by atoms with Gasteiger partial charge in [-0.05, 0) is 62.6 Å². The summed E-state index contributed by atoms with van der Waals surface area (Å²) in [6.45, 7) is 6.30. The van der Waals surface area contributed by atoms with Crippen LogP contribution in [0.15, 0.2) is 59.5 Å². The number of hydrogen-bond acceptors (Lipinski definition) is 5. The number of benzene rings is 3. The Morgan fingerprint density at radius 3 is 2.20 bits per heavy atom. The first-order chi connectivity index (χ1) is 16.4. The molecule has 0 saturated heterocycles. The van der Waals surface area contributed by atoms with Crippen molar-refractivity contribution >= 4 is 38.9 Å². The molecule has 0 saturated carbocycles. The average Bonchev–Trinajstić information content (AvgIpc) is 2.75. The summed E-state index contributed by atoms with van der Waals surface area (Å²) in [6, 6.07) is 14.6. The van der Waals surface area contributed by atoms with Crippen molar-refractivity contribution in [3.8, 4) is 0 Å². The van der Waals surface area contributed by atoms with E-state index in [4.69, 9.17) is 11.6 Å². The molecule has 0 bridgehead atoms. The summed E-state index contributed by atoms with van der Waals surface area (Å²) in [5.74, 6) is -0.617. The molecular formula is C25H26ClN3O5S. The minimum atomic E-state index is -4.08. The highest BCUT2D eigenvalue weighted by Crippen LogP contribution is 2.28. The number of halogens is 1. The number of anilines is 1. The number of hydrogen-bond donors (Lipinski definition) is 1. The van der Waals surface area contributed by atoms with Gasteiger partial charge in [0.15, 0.2) is 0 Å². The predicted molar refractivity (Wildman–Crippen MR) is 136 cm³/mol. The minimum absolute atomic E-state index is 0.0619. The molecule has 0 spiro atoms. The highest BCUT2D eigenvalue weighted by atomic mass is 35.5. The number of nitro benzene ring substituents is 1. The normalized spacial score (nSPS) is 11.5. The molecule has 0 unspecified atom stereocenters. The van der Waals surface area contributed by atoms with Gasteiger partial charge in [0.2, 0.25) is 15.9 Å². The van der Waals surface area contributed by atoms with Crippen molar-refractivity contribution in [1.29, 1.82) is 0 Å². The van der Waals surface area contributed by atoms with Crippen LogP contribution in [0.2, 0.25) is 5.02 Å². The van der Waals surface area contributed by atoms with Gasteiger partial charge in [0.25, 0.3) is 5.69 Å². The number of sulfonamides is 1. The summed E-state index contributed by atoms with van der Waals surface area (Å²) < 4.78 is 28.7. The quantitative estimate of drug-likeness (QED) is 0.323. The molecule has 3 aromatic rings. The molecule has 0 atom stereocenters. The molecule has 3 aromatic carbocycles. The second-order valence-electron chi connectivity index (χ2n) is 8.38. The van der Waals surface area contributed by atoms with Crippen LogP contribution in [-0.2, 0) is 21.4 Å². The van der Waals surface area contributed by atoms with Crippen molar-refractivity contribution in [2.75, 3.05) is 11.9 Å². The third kappa shape index (κ3) is 6.05. The van der Waals surface area contributed by atoms with Crippen LogP contribution in [0.25, 0.3) is 0 Å². The van der Waals surface area contributed by atoms with E-state index >= 15 is 0 Å². The van der Waals surface area contributed by atoms with Crippen LogP contribution < -0.4 is 5.32 Å². The number of carbonyl (C=O) groups is 1. The lowest BCUT2D eigenvalue weighted by Gasteiger charge is -2.24. The molecule has 3 rings (SSSR count). The zero-order valence-corrected chi connectivity index (χ0v) is 21.4. The van der Waals surface area contributed by atoms with E-state index in [0.29, 0.717) is 21.7 Å². The summed E-state index contributed by atoms with van der Waals surface area (Å²) in [5, 5.41) is 14.4. The standard InChI is InChI=1S/C25H26ClN3O5S/c1-16-12-17(2)25(18(3)13-16)35(33,34)28(14-20-8-10-21(26)11-9-20)15-24(30)27-22-6-5-7-23(19(22)4)29(31)32/h5-13H,14-15H2,1-4H3,(H,27,30). The van der Waals surface area contributed by atoms with Gasteiger partial charge in [-0.2, -0.15) is 4.31 Å². The smallest absolute Gasteiger partial charge is 0.274 e. The number of carbonyl (C=O) groups excluding carboxylic acids is 1. The lowest BCUT2D eigenvalue weighted by molar-refractivity contribution is -0.385. The fourth-order valence-corrected chi connectivity index (χ4v) is 5.95. The van der Waals surface area contributed by atoms with E-state index in [1.165, 1.54) is 25.1 Å². The van der Waals surface area contributed by atoms with Crippen LogP contribution in [0.3, 0.4) is 0 Å². The Hall–Kier alpha value is -3.27. The van der Waals surface area contributed by atoms with Gasteiger partial charge in [-0.25, -0.2) is 8.42 Å². The minimum Gasteiger partial charge on any atom is -0.324 e. The average molecular weight is 516 g/mol. The Labute approximate surface area is 209 Å². The SMILES string of the molecule is Cc1cc(C)c(S(=O)(=O)N(CC(=O)Nc2cccc([N+](=O)[O-])c2C)Cc2ccc(Cl)cc2)c(C)c1. The van der Waals surface area contributed by atoms with E-state index in [-0.39, 0.29) is 28.4 Å². The Balaban J connectivity index is 1.98. The monoisotopic (exact) mass is 515 g/mol. The number of amides is 1. The topological polar surface area (TPSA) is 110 Å². The van der Waals surface area contributed by atoms with Crippen LogP contribution in [0.4, 0.5) is 11.4 Å². The maximum atomic E-state index is 13.8. The predicted octanol–water partition coefficient (Wildman–Crippen LogP) is 5.31. The van der Waals surface area contributed by atoms with E-state index in [2.05, 4.69) is 5.32 Å². The highest BCUT2D eigenvalue weighted by Gasteiger charge is 2.30. The van der Waals surface area contributed by atoms with Crippen molar-refractivity contribution in [3.63, 3.8) is 0 Å². The molecule has 1 amide bonds. The van der Waals surface area contributed by atoms with Crippen LogP contribution in [0.1, 0.15) is 27.8 Å². The van der Waals surface area contributed by atoms with Crippen molar-refractivity contribution in [2.24, 2.45) is 0 Å². The molecule has 0 aromatic heterocycles. The maximum absolute atomic E-state index is 13.8. The molecule has 10 heteroatoms. The number of nitrogens with one attached hydrogen (secondary N) is 1. The van der Waals surface area contributed by atoms with Crippen molar-refractivity contribution in [1.82, 2.24) is 4.31 Å². The number of rotatable bonds is 8. The van der Waals surface area contributed by atoms with Crippen molar-refractivity contribution in [2.45, 2.75) is 39.1 Å². The Morgan fingerprint density at radius 1 is 1.03 bits per heavy atom. The third-order valence-corrected chi connectivity index (χ3v) is 7.92. The molecule has 35 heavy (non-hydrogen) atoms. The molecular weight excluding hydrogens is 490 g/mol. The molecule has 0 radical (unpaired) electrons. The fraction of sp³-hybridized carbons (Fsp3) is 0.240. The van der Waals surface area contributed by atoms with Crippen LogP contribution >= 0.6 is 11.6 Å². The number of aryl methyl sites for hydroxylation is 3. The summed E-state index contributed by atoms with van der Waals surface area (Å²) in [5.41, 5.74) is 3.14. The second-order valence-corrected chi connectivity index (χ2v) is 10.7. The zero-order valence-electron chi connectivity index (χ0n) is 19.8. The van der Waals surface area contributed by atoms with Crippen molar-refractivity contribution < 1.29 is 18.1 Å². The van der Waals surface area contributed by atoms with Gasteiger partial charge in [0.05, 0.1) is 27.6 Å². The lowest BCUT2D eigenvalue weighted by Crippen LogP contribution is -2.38. The molecule has 0 heterocycles. The van der Waals surface area contributed by atoms with Gasteiger partial charge in [0, 0.05) is 17.6 Å². The van der Waals surface area contributed by atoms with Crippen LogP contribution in [0, 0.1) is 37.8 Å². The van der Waals surface area contributed by atoms with E-state index in [9.17, 15) is 23.3 Å². The highest BCUT2D eigenvalue weighted by molar-refractivity contribution is 7.89. The molecule has 1 N–H and O–H groups in total. The van der Waals surface area contributed by atoms with Gasteiger partial charge in [0.1, 0.15) is 0 Å². The van der Waals surface area contributed by atoms with E-state index < -0.39 is 27.4 Å². The molecule has 0 aliphatic carbocycles. The fourth-order valence-electron chi connectivity index (χ4n) is 4.03. The zero-order chi connectivity index (χ0) is 25.9. The number of nitrogens with zero attached hydrogens (tertiary/aromatic N) is 2. The first-order valence-electron chi connectivity index (χ1n) is 10.8. The summed E-state index contributed by atoms with van der Waals surface area (Å²) >= 11 is 5.97. The van der Waals surface area contributed by atoms with Crippen molar-refractivity contribution in [3.05, 3.63) is 97.6 Å². The lowest BCUT2D eigenvalue weighted by atomic mass is 10.1. The van der Waals surface area contributed by atoms with E-state index in [1.807, 2.05) is 6.92 Å². The molecule has 0 aliphatic rings. The Morgan fingerprint density at radius 2 is 1.63 bits per heavy atom. The largest absolute Gasteiger partial charge is 0.324 e. The summed E-state index contributed by atoms with van der Waals surface area (Å²) in [7, 11) is -4.08. The van der Waals surface area contributed by atoms with E-state index in [0.717, 1.165) is 9.87 Å². The van der Waals surface area contributed by atoms with Gasteiger partial charge >= 0.3 is 0 Å². The first-order valence-corrected chi connectivity index (χ1v) is 12.6. The molecule has 184 valence electrons. The first kappa shape index (κ1) is 26.3. The van der Waals surface area contributed by atoms with E-state index in [1.54, 1.807) is 50.2 Å². The third-order valence-electron chi connectivity index (χ3n) is 5.57. The van der Waals surface area contributed by atoms with Crippen LogP contribution in [0.5, 0.6) is 0 Å². The Kier molecular flexibility index (Phi) is 7.94. The summed E-state index contributed by atoms with van der Waals surface area (Å²) in [4.78, 5) is 23.8. The summed E-state index contributed by atoms with van der Waals surface area (Å²) in [6.07, 6.45) is 0. The number of nitro groups is 1. The van der Waals surface area contributed by atoms with Gasteiger partial charge in [-0.3, -0.25) is 14.9 Å². The molecule has 0 fully saturated rings. The Bertz CT molecular complexity index is 1370. The maximum Gasteiger partial charge on any atom is 0.274 e. The second kappa shape index (κ2) is 10.6. The van der Waals surface area contributed by atoms with Gasteiger partial charge in [-0.15, -0.1) is 0 Å². The van der Waals surface area contributed by atoms with Crippen LogP contribution in [-0.4, -0.2) is 30.1 Å². The van der Waals surface area contributed by atoms with Gasteiger partial charge < -0.3 is 5.32 Å². The van der Waals surface area contributed by atoms with Gasteiger partial charge in [-0.1, -0.05) is 47.5 Å².